The molecule has 0 atom stereocenters. The number of fused-ring (bicyclic) bond motifs is 1. The highest BCUT2D eigenvalue weighted by Gasteiger charge is 2.14. The van der Waals surface area contributed by atoms with Crippen LogP contribution in [0.15, 0.2) is 98.4 Å². The number of carbonyl (C=O) groups is 1. The van der Waals surface area contributed by atoms with E-state index >= 15 is 0 Å². The number of nitrogens with one attached hydrogen (secondary N) is 1. The molecule has 0 fully saturated rings. The van der Waals surface area contributed by atoms with E-state index < -0.39 is 0 Å². The highest BCUT2D eigenvalue weighted by atomic mass is 79.9. The highest BCUT2D eigenvalue weighted by molar-refractivity contribution is 9.10. The van der Waals surface area contributed by atoms with Gasteiger partial charge in [-0.25, -0.2) is 10.4 Å². The standard InChI is InChI=1S/C23H17BrN4O2S/c24-17-8-6-7-16(13-17)14-25-27-21(29)15-31-23-26-20-12-5-4-11-19(20)22(30)28(23)18-9-2-1-3-10-18/h1-14H,15H2,(H,27,29). The summed E-state index contributed by atoms with van der Waals surface area (Å²) in [5, 5.41) is 4.97. The quantitative estimate of drug-likeness (QED) is 0.187. The minimum atomic E-state index is -0.293. The molecule has 0 radical (unpaired) electrons. The highest BCUT2D eigenvalue weighted by Crippen LogP contribution is 2.21. The lowest BCUT2D eigenvalue weighted by Crippen LogP contribution is -2.24. The molecule has 0 aliphatic rings. The van der Waals surface area contributed by atoms with Gasteiger partial charge in [-0.3, -0.25) is 14.2 Å². The van der Waals surface area contributed by atoms with Crippen LogP contribution in [0, 0.1) is 0 Å². The lowest BCUT2D eigenvalue weighted by Gasteiger charge is -2.12. The molecule has 0 aliphatic carbocycles. The van der Waals surface area contributed by atoms with Gasteiger partial charge in [0.1, 0.15) is 0 Å². The van der Waals surface area contributed by atoms with Crippen LogP contribution in [0.5, 0.6) is 0 Å². The van der Waals surface area contributed by atoms with E-state index in [9.17, 15) is 9.59 Å². The van der Waals surface area contributed by atoms with Gasteiger partial charge in [0.2, 0.25) is 0 Å². The van der Waals surface area contributed by atoms with Gasteiger partial charge in [-0.05, 0) is 42.0 Å². The maximum Gasteiger partial charge on any atom is 0.266 e. The molecule has 1 N–H and O–H groups in total. The number of carbonyl (C=O) groups excluding carboxylic acids is 1. The minimum absolute atomic E-state index is 0.0629. The smallest absolute Gasteiger partial charge is 0.266 e. The van der Waals surface area contributed by atoms with Crippen LogP contribution in [0.3, 0.4) is 0 Å². The van der Waals surface area contributed by atoms with E-state index in [1.807, 2.05) is 66.7 Å². The number of para-hydroxylation sites is 2. The third-order valence-electron chi connectivity index (χ3n) is 4.34. The number of amides is 1. The molecule has 154 valence electrons. The van der Waals surface area contributed by atoms with Gasteiger partial charge < -0.3 is 0 Å². The van der Waals surface area contributed by atoms with Crippen molar-refractivity contribution in [3.63, 3.8) is 0 Å². The fraction of sp³-hybridized carbons (Fsp3) is 0.0435. The maximum atomic E-state index is 13.1. The zero-order chi connectivity index (χ0) is 21.6. The predicted molar refractivity (Wildman–Crippen MR) is 128 cm³/mol. The Hall–Kier alpha value is -3.23. The lowest BCUT2D eigenvalue weighted by molar-refractivity contribution is -0.118. The molecule has 0 spiro atoms. The number of hydrazone groups is 1. The predicted octanol–water partition coefficient (Wildman–Crippen LogP) is 4.39. The minimum Gasteiger partial charge on any atom is -0.272 e. The van der Waals surface area contributed by atoms with Gasteiger partial charge in [-0.1, -0.05) is 70.2 Å². The average Bonchev–Trinajstić information content (AvgIpc) is 2.78. The van der Waals surface area contributed by atoms with Crippen LogP contribution < -0.4 is 11.0 Å². The number of hydrogen-bond acceptors (Lipinski definition) is 5. The molecule has 1 heterocycles. The molecule has 6 nitrogen and oxygen atoms in total. The molecular formula is C23H17BrN4O2S. The van der Waals surface area contributed by atoms with Crippen molar-refractivity contribution in [2.24, 2.45) is 5.10 Å². The fourth-order valence-corrected chi connectivity index (χ4v) is 4.16. The molecule has 0 saturated heterocycles. The van der Waals surface area contributed by atoms with Crippen molar-refractivity contribution in [1.29, 1.82) is 0 Å². The van der Waals surface area contributed by atoms with E-state index in [-0.39, 0.29) is 17.2 Å². The zero-order valence-corrected chi connectivity index (χ0v) is 18.6. The Morgan fingerprint density at radius 1 is 1.06 bits per heavy atom. The number of hydrogen-bond donors (Lipinski definition) is 1. The van der Waals surface area contributed by atoms with Crippen molar-refractivity contribution < 1.29 is 4.79 Å². The first-order valence-electron chi connectivity index (χ1n) is 9.39. The topological polar surface area (TPSA) is 76.3 Å². The second kappa shape index (κ2) is 9.72. The third-order valence-corrected chi connectivity index (χ3v) is 5.78. The molecule has 3 aromatic carbocycles. The molecule has 0 aliphatic heterocycles. The lowest BCUT2D eigenvalue weighted by atomic mass is 10.2. The summed E-state index contributed by atoms with van der Waals surface area (Å²) in [6, 6.07) is 24.0. The first-order valence-corrected chi connectivity index (χ1v) is 11.2. The Balaban J connectivity index is 1.55. The van der Waals surface area contributed by atoms with Crippen LogP contribution in [-0.4, -0.2) is 27.4 Å². The maximum absolute atomic E-state index is 13.1. The van der Waals surface area contributed by atoms with E-state index in [0.717, 1.165) is 10.0 Å². The van der Waals surface area contributed by atoms with Crippen LogP contribution >= 0.6 is 27.7 Å². The van der Waals surface area contributed by atoms with Gasteiger partial charge in [0.05, 0.1) is 28.6 Å². The summed E-state index contributed by atoms with van der Waals surface area (Å²) in [5.74, 6) is -0.230. The molecule has 8 heteroatoms. The Kier molecular flexibility index (Phi) is 6.59. The average molecular weight is 493 g/mol. The van der Waals surface area contributed by atoms with Crippen molar-refractivity contribution in [2.45, 2.75) is 5.16 Å². The van der Waals surface area contributed by atoms with Crippen LogP contribution in [0.2, 0.25) is 0 Å². The second-order valence-corrected chi connectivity index (χ2v) is 8.38. The summed E-state index contributed by atoms with van der Waals surface area (Å²) in [5.41, 5.74) is 4.48. The van der Waals surface area contributed by atoms with Crippen LogP contribution in [0.4, 0.5) is 0 Å². The third kappa shape index (κ3) is 5.10. The van der Waals surface area contributed by atoms with Gasteiger partial charge >= 0.3 is 0 Å². The molecule has 4 rings (SSSR count). The normalized spacial score (nSPS) is 11.1. The Labute approximate surface area is 191 Å². The molecular weight excluding hydrogens is 476 g/mol. The monoisotopic (exact) mass is 492 g/mol. The fourth-order valence-electron chi connectivity index (χ4n) is 2.94. The van der Waals surface area contributed by atoms with E-state index in [4.69, 9.17) is 0 Å². The first kappa shape index (κ1) is 21.0. The molecule has 0 saturated carbocycles. The summed E-state index contributed by atoms with van der Waals surface area (Å²) in [6.45, 7) is 0. The molecule has 1 aromatic heterocycles. The number of nitrogens with zero attached hydrogens (tertiary/aromatic N) is 3. The largest absolute Gasteiger partial charge is 0.272 e. The van der Waals surface area contributed by atoms with Crippen LogP contribution in [-0.2, 0) is 4.79 Å². The van der Waals surface area contributed by atoms with Crippen molar-refractivity contribution in [3.05, 3.63) is 99.3 Å². The molecule has 0 bridgehead atoms. The zero-order valence-electron chi connectivity index (χ0n) is 16.2. The molecule has 4 aromatic rings. The molecule has 0 unspecified atom stereocenters. The van der Waals surface area contributed by atoms with Gasteiger partial charge in [-0.2, -0.15) is 5.10 Å². The summed E-state index contributed by atoms with van der Waals surface area (Å²) < 4.78 is 2.46. The first-order chi connectivity index (χ1) is 15.1. The number of halogens is 1. The van der Waals surface area contributed by atoms with E-state index in [0.29, 0.717) is 21.7 Å². The number of aromatic nitrogens is 2. The Bertz CT molecular complexity index is 1320. The van der Waals surface area contributed by atoms with Crippen LogP contribution in [0.25, 0.3) is 16.6 Å². The summed E-state index contributed by atoms with van der Waals surface area (Å²) in [6.07, 6.45) is 1.57. The van der Waals surface area contributed by atoms with Crippen molar-refractivity contribution in [3.8, 4) is 5.69 Å². The van der Waals surface area contributed by atoms with Gasteiger partial charge in [-0.15, -0.1) is 0 Å². The summed E-state index contributed by atoms with van der Waals surface area (Å²) >= 11 is 4.58. The van der Waals surface area contributed by atoms with E-state index in [1.54, 1.807) is 18.3 Å². The van der Waals surface area contributed by atoms with E-state index in [1.165, 1.54) is 16.3 Å². The van der Waals surface area contributed by atoms with E-state index in [2.05, 4.69) is 31.4 Å². The molecule has 1 amide bonds. The Morgan fingerprint density at radius 2 is 1.84 bits per heavy atom. The number of thioether (sulfide) groups is 1. The van der Waals surface area contributed by atoms with Gasteiger partial charge in [0.25, 0.3) is 11.5 Å². The van der Waals surface area contributed by atoms with Crippen molar-refractivity contribution in [1.82, 2.24) is 15.0 Å². The van der Waals surface area contributed by atoms with Crippen LogP contribution in [0.1, 0.15) is 5.56 Å². The van der Waals surface area contributed by atoms with Crippen molar-refractivity contribution >= 4 is 50.7 Å². The SMILES string of the molecule is O=C(CSc1nc2ccccc2c(=O)n1-c1ccccc1)NN=Cc1cccc(Br)c1. The second-order valence-electron chi connectivity index (χ2n) is 6.52. The van der Waals surface area contributed by atoms with Crippen molar-refractivity contribution in [2.75, 3.05) is 5.75 Å². The molecule has 31 heavy (non-hydrogen) atoms. The summed E-state index contributed by atoms with van der Waals surface area (Å²) in [7, 11) is 0. The summed E-state index contributed by atoms with van der Waals surface area (Å²) in [4.78, 5) is 30.1. The van der Waals surface area contributed by atoms with Gasteiger partial charge in [0, 0.05) is 4.47 Å². The Morgan fingerprint density at radius 3 is 2.65 bits per heavy atom. The number of benzene rings is 3. The number of rotatable bonds is 6. The van der Waals surface area contributed by atoms with Gasteiger partial charge in [0.15, 0.2) is 5.16 Å².